The Morgan fingerprint density at radius 1 is 1.07 bits per heavy atom. The lowest BCUT2D eigenvalue weighted by molar-refractivity contribution is 0.0438. The van der Waals surface area contributed by atoms with Crippen LogP contribution in [0.3, 0.4) is 0 Å². The van der Waals surface area contributed by atoms with Gasteiger partial charge < -0.3 is 0 Å². The Balaban J connectivity index is 1.77. The third kappa shape index (κ3) is 5.03. The molecular formula is C23H17BrF2N2O2. The number of nitrogens with one attached hydrogen (secondary N) is 1. The van der Waals surface area contributed by atoms with E-state index in [1.807, 2.05) is 49.4 Å². The average Bonchev–Trinajstić information content (AvgIpc) is 2.75. The zero-order valence-corrected chi connectivity index (χ0v) is 17.5. The molecule has 0 heterocycles. The molecule has 0 bridgehead atoms. The van der Waals surface area contributed by atoms with Crippen LogP contribution in [0.1, 0.15) is 21.5 Å². The summed E-state index contributed by atoms with van der Waals surface area (Å²) in [6.07, 6.45) is 0. The second kappa shape index (κ2) is 10.0. The molecule has 0 spiro atoms. The Morgan fingerprint density at radius 2 is 1.77 bits per heavy atom. The summed E-state index contributed by atoms with van der Waals surface area (Å²) >= 11 is 3.25. The molecule has 0 aliphatic carbocycles. The highest BCUT2D eigenvalue weighted by Gasteiger charge is 2.24. The van der Waals surface area contributed by atoms with Gasteiger partial charge in [-0.3, -0.25) is 13.6 Å². The number of carbonyl (C=O) groups is 1. The first-order chi connectivity index (χ1) is 14.5. The minimum absolute atomic E-state index is 0.0739. The fraction of sp³-hybridized carbons (Fsp3) is 0.0870. The minimum atomic E-state index is -1.16. The molecule has 3 rings (SSSR count). The molecule has 7 heteroatoms. The molecule has 0 saturated carbocycles. The zero-order chi connectivity index (χ0) is 21.5. The maximum atomic E-state index is 14.6. The average molecular weight is 471 g/mol. The highest BCUT2D eigenvalue weighted by atomic mass is 79.9. The van der Waals surface area contributed by atoms with Gasteiger partial charge in [0.2, 0.25) is 0 Å². The van der Waals surface area contributed by atoms with Crippen LogP contribution < -0.4 is 9.41 Å². The van der Waals surface area contributed by atoms with Gasteiger partial charge in [0.1, 0.15) is 12.3 Å². The molecule has 4 nitrogen and oxygen atoms in total. The molecule has 1 amide bonds. The first-order valence-corrected chi connectivity index (χ1v) is 9.65. The van der Waals surface area contributed by atoms with Crippen LogP contribution in [0, 0.1) is 30.4 Å². The number of nitrogens with zero attached hydrogens (tertiary/aromatic N) is 1. The van der Waals surface area contributed by atoms with Crippen molar-refractivity contribution in [3.05, 3.63) is 95.1 Å². The van der Waals surface area contributed by atoms with E-state index in [9.17, 15) is 13.6 Å². The van der Waals surface area contributed by atoms with Crippen LogP contribution in [0.4, 0.5) is 20.2 Å². The normalized spacial score (nSPS) is 10.1. The quantitative estimate of drug-likeness (QED) is 0.234. The van der Waals surface area contributed by atoms with Crippen LogP contribution in [-0.2, 0) is 4.84 Å². The van der Waals surface area contributed by atoms with Gasteiger partial charge >= 0.3 is 0 Å². The largest absolute Gasteiger partial charge is 0.277 e. The molecule has 0 saturated heterocycles. The van der Waals surface area contributed by atoms with Crippen LogP contribution in [-0.4, -0.2) is 12.5 Å². The fourth-order valence-corrected chi connectivity index (χ4v) is 3.42. The van der Waals surface area contributed by atoms with Gasteiger partial charge in [0, 0.05) is 5.56 Å². The van der Waals surface area contributed by atoms with Crippen molar-refractivity contribution in [3.63, 3.8) is 0 Å². The van der Waals surface area contributed by atoms with Gasteiger partial charge in [-0.25, -0.2) is 14.3 Å². The highest BCUT2D eigenvalue weighted by molar-refractivity contribution is 9.10. The van der Waals surface area contributed by atoms with Crippen molar-refractivity contribution in [1.82, 2.24) is 5.48 Å². The van der Waals surface area contributed by atoms with Crippen LogP contribution >= 0.6 is 16.1 Å². The molecule has 0 atom stereocenters. The van der Waals surface area contributed by atoms with E-state index in [2.05, 4.69) is 33.5 Å². The number of aryl methyl sites for hydroxylation is 1. The molecule has 152 valence electrons. The Morgan fingerprint density at radius 3 is 2.50 bits per heavy atom. The molecule has 3 aromatic rings. The Hall–Kier alpha value is -3.21. The second-order valence-corrected chi connectivity index (χ2v) is 6.92. The number of anilines is 2. The SMILES string of the molecule is Cc1ccccc1N(Br)c1c(C(=O)NOCC#Cc2ccccc2)ccc(F)c1F. The van der Waals surface area contributed by atoms with Crippen molar-refractivity contribution >= 4 is 33.4 Å². The molecule has 0 aliphatic rings. The summed E-state index contributed by atoms with van der Waals surface area (Å²) < 4.78 is 29.8. The van der Waals surface area contributed by atoms with Gasteiger partial charge in [-0.05, 0) is 42.8 Å². The summed E-state index contributed by atoms with van der Waals surface area (Å²) in [5.41, 5.74) is 4.02. The summed E-state index contributed by atoms with van der Waals surface area (Å²) in [5, 5.41) is 0. The van der Waals surface area contributed by atoms with E-state index in [-0.39, 0.29) is 17.9 Å². The Labute approximate surface area is 181 Å². The van der Waals surface area contributed by atoms with Gasteiger partial charge in [0.15, 0.2) is 11.6 Å². The number of halogens is 3. The zero-order valence-electron chi connectivity index (χ0n) is 16.0. The third-order valence-electron chi connectivity index (χ3n) is 4.15. The van der Waals surface area contributed by atoms with Crippen LogP contribution in [0.25, 0.3) is 0 Å². The maximum absolute atomic E-state index is 14.6. The highest BCUT2D eigenvalue weighted by Crippen LogP contribution is 2.36. The van der Waals surface area contributed by atoms with Crippen LogP contribution in [0.5, 0.6) is 0 Å². The Kier molecular flexibility index (Phi) is 7.17. The Bertz CT molecular complexity index is 1110. The number of rotatable bonds is 5. The van der Waals surface area contributed by atoms with Gasteiger partial charge in [0.05, 0.1) is 27.4 Å². The van der Waals surface area contributed by atoms with Gasteiger partial charge in [-0.15, -0.1) is 0 Å². The van der Waals surface area contributed by atoms with E-state index in [0.717, 1.165) is 17.2 Å². The van der Waals surface area contributed by atoms with E-state index >= 15 is 0 Å². The predicted molar refractivity (Wildman–Crippen MR) is 115 cm³/mol. The molecule has 1 N–H and O–H groups in total. The number of benzene rings is 3. The molecule has 0 aliphatic heterocycles. The lowest BCUT2D eigenvalue weighted by Crippen LogP contribution is -2.26. The molecule has 0 fully saturated rings. The van der Waals surface area contributed by atoms with Crippen LogP contribution in [0.2, 0.25) is 0 Å². The van der Waals surface area contributed by atoms with E-state index in [1.54, 1.807) is 12.1 Å². The number of amides is 1. The lowest BCUT2D eigenvalue weighted by atomic mass is 10.1. The smallest absolute Gasteiger partial charge is 0.273 e. The summed E-state index contributed by atoms with van der Waals surface area (Å²) in [4.78, 5) is 17.6. The van der Waals surface area contributed by atoms with Gasteiger partial charge in [-0.1, -0.05) is 48.2 Å². The predicted octanol–water partition coefficient (Wildman–Crippen LogP) is 5.43. The minimum Gasteiger partial charge on any atom is -0.273 e. The summed E-state index contributed by atoms with van der Waals surface area (Å²) in [6, 6.07) is 18.5. The van der Waals surface area contributed by atoms with Crippen LogP contribution in [0.15, 0.2) is 66.7 Å². The van der Waals surface area contributed by atoms with E-state index in [4.69, 9.17) is 4.84 Å². The van der Waals surface area contributed by atoms with E-state index in [1.165, 1.54) is 9.99 Å². The number of carbonyl (C=O) groups excluding carboxylic acids is 1. The molecule has 30 heavy (non-hydrogen) atoms. The molecule has 0 unspecified atom stereocenters. The molecule has 0 radical (unpaired) electrons. The topological polar surface area (TPSA) is 41.6 Å². The van der Waals surface area contributed by atoms with Crippen molar-refractivity contribution in [2.24, 2.45) is 0 Å². The molecule has 0 aromatic heterocycles. The maximum Gasteiger partial charge on any atom is 0.277 e. The summed E-state index contributed by atoms with van der Waals surface area (Å²) in [5.74, 6) is 2.67. The number of hydrogen-bond donors (Lipinski definition) is 1. The van der Waals surface area contributed by atoms with Crippen molar-refractivity contribution in [3.8, 4) is 11.8 Å². The standard InChI is InChI=1S/C23H17BrF2N2O2/c1-16-8-5-6-12-20(16)28(24)22-18(13-14-19(25)21(22)26)23(29)27-30-15-7-11-17-9-3-2-4-10-17/h2-6,8-10,12-14H,15H2,1H3,(H,27,29). The number of para-hydroxylation sites is 1. The van der Waals surface area contributed by atoms with Crippen molar-refractivity contribution in [2.45, 2.75) is 6.92 Å². The second-order valence-electron chi connectivity index (χ2n) is 6.21. The fourth-order valence-electron chi connectivity index (χ4n) is 2.67. The summed E-state index contributed by atoms with van der Waals surface area (Å²) in [7, 11) is 0. The molecular weight excluding hydrogens is 454 g/mol. The van der Waals surface area contributed by atoms with Gasteiger partial charge in [-0.2, -0.15) is 0 Å². The molecule has 3 aromatic carbocycles. The first-order valence-electron chi connectivity index (χ1n) is 8.94. The third-order valence-corrected chi connectivity index (χ3v) is 4.89. The first kappa shape index (κ1) is 21.5. The number of hydrogen-bond acceptors (Lipinski definition) is 3. The lowest BCUT2D eigenvalue weighted by Gasteiger charge is -2.22. The van der Waals surface area contributed by atoms with E-state index in [0.29, 0.717) is 5.69 Å². The van der Waals surface area contributed by atoms with E-state index < -0.39 is 17.5 Å². The van der Waals surface area contributed by atoms with Crippen molar-refractivity contribution < 1.29 is 18.4 Å². The van der Waals surface area contributed by atoms with Gasteiger partial charge in [0.25, 0.3) is 5.91 Å². The monoisotopic (exact) mass is 470 g/mol. The van der Waals surface area contributed by atoms with Crippen molar-refractivity contribution in [2.75, 3.05) is 10.5 Å². The summed E-state index contributed by atoms with van der Waals surface area (Å²) in [6.45, 7) is 1.74. The van der Waals surface area contributed by atoms with Crippen molar-refractivity contribution in [1.29, 1.82) is 0 Å². The number of hydroxylamine groups is 1.